The lowest BCUT2D eigenvalue weighted by Crippen LogP contribution is -1.90. The molecule has 5 heteroatoms. The van der Waals surface area contributed by atoms with Crippen LogP contribution in [-0.2, 0) is 0 Å². The molecule has 0 bridgehead atoms. The molecule has 2 aromatic rings. The predicted octanol–water partition coefficient (Wildman–Crippen LogP) is -0.169. The van der Waals surface area contributed by atoms with E-state index >= 15 is 0 Å². The normalized spacial score (nSPS) is 9.45. The quantitative estimate of drug-likeness (QED) is 0.562. The molecule has 55 valence electrons. The monoisotopic (exact) mass is 148 g/mol. The Morgan fingerprint density at radius 3 is 3.00 bits per heavy atom. The number of anilines is 1. The molecule has 2 heterocycles. The van der Waals surface area contributed by atoms with Gasteiger partial charge in [-0.3, -0.25) is 0 Å². The second kappa shape index (κ2) is 2.55. The van der Waals surface area contributed by atoms with Crippen molar-refractivity contribution in [3.8, 4) is 0 Å². The number of nitrogens with zero attached hydrogens (tertiary/aromatic N) is 4. The minimum absolute atomic E-state index is 0. The van der Waals surface area contributed by atoms with Crippen LogP contribution in [0.2, 0.25) is 0 Å². The summed E-state index contributed by atoms with van der Waals surface area (Å²) in [5, 5.41) is 7.47. The second-order valence-corrected chi connectivity index (χ2v) is 2.07. The molecule has 0 spiro atoms. The molecule has 11 heavy (non-hydrogen) atoms. The van der Waals surface area contributed by atoms with Crippen LogP contribution in [0.15, 0.2) is 24.5 Å². The summed E-state index contributed by atoms with van der Waals surface area (Å²) < 4.78 is 1.63. The Balaban J connectivity index is 0.000000605. The Morgan fingerprint density at radius 1 is 1.36 bits per heavy atom. The van der Waals surface area contributed by atoms with Gasteiger partial charge in [-0.25, -0.2) is 4.52 Å². The Hall–Kier alpha value is -1.62. The van der Waals surface area contributed by atoms with Crippen LogP contribution in [0.1, 0.15) is 0 Å². The van der Waals surface area contributed by atoms with Gasteiger partial charge >= 0.3 is 0 Å². The summed E-state index contributed by atoms with van der Waals surface area (Å²) in [5.74, 6) is 0. The minimum Gasteiger partial charge on any atom is -0.397 e. The van der Waals surface area contributed by atoms with Gasteiger partial charge in [0.05, 0.1) is 23.6 Å². The number of hydrogen-bond donors (Lipinski definition) is 1. The van der Waals surface area contributed by atoms with E-state index in [0.29, 0.717) is 5.69 Å². The van der Waals surface area contributed by atoms with Crippen LogP contribution in [-0.4, -0.2) is 14.8 Å². The molecule has 2 rings (SSSR count). The van der Waals surface area contributed by atoms with Gasteiger partial charge in [-0.05, 0) is 12.1 Å². The molecule has 3 radical (unpaired) electrons. The molecule has 0 saturated carbocycles. The van der Waals surface area contributed by atoms with E-state index in [1.54, 1.807) is 16.9 Å². The van der Waals surface area contributed by atoms with Crippen molar-refractivity contribution < 1.29 is 0 Å². The zero-order valence-corrected chi connectivity index (χ0v) is 5.68. The Bertz CT molecular complexity index is 353. The summed E-state index contributed by atoms with van der Waals surface area (Å²) in [7, 11) is 0. The lowest BCUT2D eigenvalue weighted by molar-refractivity contribution is 0.857. The maximum atomic E-state index is 5.49. The highest BCUT2D eigenvalue weighted by Crippen LogP contribution is 2.03. The summed E-state index contributed by atoms with van der Waals surface area (Å²) in [6, 6.07) is 3.69. The molecule has 0 aliphatic carbocycles. The van der Waals surface area contributed by atoms with E-state index in [0.717, 1.165) is 5.52 Å². The molecule has 0 aromatic carbocycles. The Kier molecular flexibility index (Phi) is 1.74. The van der Waals surface area contributed by atoms with E-state index in [9.17, 15) is 0 Å². The molecule has 0 atom stereocenters. The van der Waals surface area contributed by atoms with Crippen molar-refractivity contribution in [2.75, 3.05) is 5.73 Å². The first-order chi connectivity index (χ1) is 4.86. The third kappa shape index (κ3) is 1.13. The minimum atomic E-state index is 0. The van der Waals surface area contributed by atoms with Gasteiger partial charge in [0, 0.05) is 6.15 Å². The lowest BCUT2D eigenvalue weighted by atomic mass is 10.4. The highest BCUT2D eigenvalue weighted by atomic mass is 15.4. The first-order valence-corrected chi connectivity index (χ1v) is 2.92. The Morgan fingerprint density at radius 2 is 2.18 bits per heavy atom. The van der Waals surface area contributed by atoms with E-state index in [2.05, 4.69) is 10.3 Å². The molecule has 0 fully saturated rings. The molecule has 0 aliphatic heterocycles. The van der Waals surface area contributed by atoms with Gasteiger partial charge in [0.25, 0.3) is 0 Å². The number of hydrogen-bond acceptors (Lipinski definition) is 3. The third-order valence-corrected chi connectivity index (χ3v) is 1.32. The molecular formula is C6H6N5. The molecule has 2 aromatic heterocycles. The number of pyridine rings is 1. The van der Waals surface area contributed by atoms with Crippen LogP contribution < -0.4 is 11.9 Å². The van der Waals surface area contributed by atoms with Crippen molar-refractivity contribution in [3.05, 3.63) is 24.5 Å². The van der Waals surface area contributed by atoms with E-state index in [1.807, 2.05) is 12.1 Å². The van der Waals surface area contributed by atoms with Gasteiger partial charge in [0.1, 0.15) is 0 Å². The summed E-state index contributed by atoms with van der Waals surface area (Å²) >= 11 is 0. The fraction of sp³-hybridized carbons (Fsp3) is 0. The zero-order chi connectivity index (χ0) is 6.97. The van der Waals surface area contributed by atoms with E-state index in [1.165, 1.54) is 0 Å². The number of rotatable bonds is 0. The van der Waals surface area contributed by atoms with Crippen molar-refractivity contribution >= 4 is 11.2 Å². The highest BCUT2D eigenvalue weighted by Gasteiger charge is 1.91. The average Bonchev–Trinajstić information content (AvgIpc) is 2.33. The van der Waals surface area contributed by atoms with Gasteiger partial charge in [-0.15, -0.1) is 5.10 Å². The molecule has 0 aliphatic rings. The van der Waals surface area contributed by atoms with Crippen molar-refractivity contribution in [3.63, 3.8) is 0 Å². The van der Waals surface area contributed by atoms with Crippen LogP contribution in [0.3, 0.4) is 0 Å². The highest BCUT2D eigenvalue weighted by molar-refractivity contribution is 5.49. The molecular weight excluding hydrogens is 142 g/mol. The van der Waals surface area contributed by atoms with Gasteiger partial charge < -0.3 is 5.73 Å². The maximum Gasteiger partial charge on any atom is 0.0866 e. The third-order valence-electron chi connectivity index (χ3n) is 1.32. The van der Waals surface area contributed by atoms with Crippen LogP contribution >= 0.6 is 0 Å². The summed E-state index contributed by atoms with van der Waals surface area (Å²) in [6.07, 6.45) is 3.40. The Labute approximate surface area is 63.4 Å². The van der Waals surface area contributed by atoms with Crippen molar-refractivity contribution in [1.82, 2.24) is 21.0 Å². The summed E-state index contributed by atoms with van der Waals surface area (Å²) in [4.78, 5) is 0. The molecule has 2 N–H and O–H groups in total. The second-order valence-electron chi connectivity index (χ2n) is 2.07. The number of nitrogens with two attached hydrogens (primary N) is 1. The standard InChI is InChI=1S/C6H6N4.N/c7-5-1-2-6-3-8-9-10(6)4-5;/h1-4H,7H2;. The number of fused-ring (bicyclic) bond motifs is 1. The van der Waals surface area contributed by atoms with E-state index in [4.69, 9.17) is 5.73 Å². The smallest absolute Gasteiger partial charge is 0.0866 e. The van der Waals surface area contributed by atoms with Gasteiger partial charge in [-0.2, -0.15) is 0 Å². The largest absolute Gasteiger partial charge is 0.397 e. The van der Waals surface area contributed by atoms with Crippen LogP contribution in [0, 0.1) is 0 Å². The van der Waals surface area contributed by atoms with Crippen LogP contribution in [0.4, 0.5) is 5.69 Å². The van der Waals surface area contributed by atoms with Crippen LogP contribution in [0.25, 0.3) is 5.52 Å². The van der Waals surface area contributed by atoms with Crippen LogP contribution in [0.5, 0.6) is 0 Å². The predicted molar refractivity (Wildman–Crippen MR) is 39.5 cm³/mol. The van der Waals surface area contributed by atoms with Gasteiger partial charge in [-0.1, -0.05) is 5.21 Å². The first kappa shape index (κ1) is 7.49. The maximum absolute atomic E-state index is 5.49. The molecule has 5 nitrogen and oxygen atoms in total. The fourth-order valence-electron chi connectivity index (χ4n) is 0.837. The van der Waals surface area contributed by atoms with Crippen molar-refractivity contribution in [1.29, 1.82) is 0 Å². The first-order valence-electron chi connectivity index (χ1n) is 2.92. The number of nitrogen functional groups attached to an aromatic ring is 1. The zero-order valence-electron chi connectivity index (χ0n) is 5.68. The fourth-order valence-corrected chi connectivity index (χ4v) is 0.837. The molecule has 0 unspecified atom stereocenters. The topological polar surface area (TPSA) is 86.7 Å². The summed E-state index contributed by atoms with van der Waals surface area (Å²) in [5.41, 5.74) is 7.14. The van der Waals surface area contributed by atoms with Crippen molar-refractivity contribution in [2.24, 2.45) is 0 Å². The summed E-state index contributed by atoms with van der Waals surface area (Å²) in [6.45, 7) is 0. The lowest BCUT2D eigenvalue weighted by Gasteiger charge is -1.91. The van der Waals surface area contributed by atoms with Crippen molar-refractivity contribution in [2.45, 2.75) is 0 Å². The SMILES string of the molecule is Nc1ccc2cnnn2c1.[N]. The number of aromatic nitrogens is 3. The molecule has 0 saturated heterocycles. The van der Waals surface area contributed by atoms with E-state index < -0.39 is 0 Å². The van der Waals surface area contributed by atoms with E-state index in [-0.39, 0.29) is 6.15 Å². The molecule has 0 amide bonds. The van der Waals surface area contributed by atoms with Gasteiger partial charge in [0.2, 0.25) is 0 Å². The van der Waals surface area contributed by atoms with Gasteiger partial charge in [0.15, 0.2) is 0 Å². The average molecular weight is 148 g/mol.